The lowest BCUT2D eigenvalue weighted by Crippen LogP contribution is -2.40. The summed E-state index contributed by atoms with van der Waals surface area (Å²) in [6.45, 7) is 11.2. The SMILES string of the molecule is CCN(CC)c1nc(N)c([N+](=O)[O-])c(N2C[C@H](C)C[C@@H](C)C2)n1. The van der Waals surface area contributed by atoms with E-state index >= 15 is 0 Å². The van der Waals surface area contributed by atoms with Crippen LogP contribution in [0.25, 0.3) is 0 Å². The summed E-state index contributed by atoms with van der Waals surface area (Å²) in [5.41, 5.74) is 5.72. The molecule has 1 aliphatic heterocycles. The van der Waals surface area contributed by atoms with E-state index in [1.807, 2.05) is 23.6 Å². The number of nitrogens with two attached hydrogens (primary N) is 1. The molecule has 0 spiro atoms. The Morgan fingerprint density at radius 3 is 2.30 bits per heavy atom. The second kappa shape index (κ2) is 6.97. The van der Waals surface area contributed by atoms with Gasteiger partial charge < -0.3 is 15.5 Å². The maximum atomic E-state index is 11.5. The van der Waals surface area contributed by atoms with E-state index in [-0.39, 0.29) is 11.5 Å². The minimum atomic E-state index is -0.472. The molecular weight excluding hydrogens is 296 g/mol. The molecule has 1 aromatic rings. The van der Waals surface area contributed by atoms with Gasteiger partial charge in [0.15, 0.2) is 0 Å². The van der Waals surface area contributed by atoms with E-state index < -0.39 is 4.92 Å². The quantitative estimate of drug-likeness (QED) is 0.655. The molecule has 23 heavy (non-hydrogen) atoms. The van der Waals surface area contributed by atoms with Crippen molar-refractivity contribution in [3.63, 3.8) is 0 Å². The fourth-order valence-electron chi connectivity index (χ4n) is 3.33. The largest absolute Gasteiger partial charge is 0.378 e. The maximum absolute atomic E-state index is 11.5. The average Bonchev–Trinajstić information content (AvgIpc) is 2.46. The van der Waals surface area contributed by atoms with Gasteiger partial charge in [0.1, 0.15) is 0 Å². The molecule has 8 nitrogen and oxygen atoms in total. The van der Waals surface area contributed by atoms with E-state index in [2.05, 4.69) is 23.8 Å². The first-order valence-electron chi connectivity index (χ1n) is 8.19. The van der Waals surface area contributed by atoms with Crippen LogP contribution in [0.15, 0.2) is 0 Å². The number of anilines is 3. The Bertz CT molecular complexity index is 565. The fourth-order valence-corrected chi connectivity index (χ4v) is 3.33. The summed E-state index contributed by atoms with van der Waals surface area (Å²) in [7, 11) is 0. The zero-order valence-corrected chi connectivity index (χ0v) is 14.3. The van der Waals surface area contributed by atoms with E-state index in [1.54, 1.807) is 0 Å². The second-order valence-corrected chi connectivity index (χ2v) is 6.36. The van der Waals surface area contributed by atoms with Gasteiger partial charge >= 0.3 is 5.69 Å². The van der Waals surface area contributed by atoms with E-state index in [4.69, 9.17) is 5.73 Å². The second-order valence-electron chi connectivity index (χ2n) is 6.36. The molecule has 0 unspecified atom stereocenters. The highest BCUT2D eigenvalue weighted by Crippen LogP contribution is 2.35. The monoisotopic (exact) mass is 322 g/mol. The van der Waals surface area contributed by atoms with Crippen molar-refractivity contribution in [2.75, 3.05) is 41.7 Å². The van der Waals surface area contributed by atoms with Gasteiger partial charge in [-0.25, -0.2) is 0 Å². The molecule has 1 saturated heterocycles. The van der Waals surface area contributed by atoms with Crippen LogP contribution in [0.4, 0.5) is 23.3 Å². The summed E-state index contributed by atoms with van der Waals surface area (Å²) in [5.74, 6) is 1.67. The first kappa shape index (κ1) is 17.2. The lowest BCUT2D eigenvalue weighted by Gasteiger charge is -2.35. The zero-order valence-electron chi connectivity index (χ0n) is 14.3. The Morgan fingerprint density at radius 2 is 1.83 bits per heavy atom. The normalized spacial score (nSPS) is 21.3. The molecule has 0 bridgehead atoms. The molecule has 1 aliphatic rings. The van der Waals surface area contributed by atoms with Crippen molar-refractivity contribution in [3.05, 3.63) is 10.1 Å². The molecule has 0 aromatic carbocycles. The molecule has 0 radical (unpaired) electrons. The molecule has 1 fully saturated rings. The van der Waals surface area contributed by atoms with Gasteiger partial charge in [-0.1, -0.05) is 13.8 Å². The molecule has 0 saturated carbocycles. The molecule has 1 aromatic heterocycles. The van der Waals surface area contributed by atoms with Crippen LogP contribution in [0.3, 0.4) is 0 Å². The van der Waals surface area contributed by atoms with Crippen LogP contribution in [-0.4, -0.2) is 41.1 Å². The van der Waals surface area contributed by atoms with Gasteiger partial charge in [-0.2, -0.15) is 9.97 Å². The highest BCUT2D eigenvalue weighted by molar-refractivity contribution is 5.71. The molecule has 2 rings (SSSR count). The molecule has 2 N–H and O–H groups in total. The molecule has 128 valence electrons. The third-order valence-corrected chi connectivity index (χ3v) is 4.28. The first-order chi connectivity index (χ1) is 10.9. The Hall–Kier alpha value is -2.12. The highest BCUT2D eigenvalue weighted by atomic mass is 16.6. The van der Waals surface area contributed by atoms with Gasteiger partial charge in [-0.3, -0.25) is 10.1 Å². The number of aromatic nitrogens is 2. The standard InChI is InChI=1S/C15H26N6O2/c1-5-19(6-2)15-17-13(16)12(21(22)23)14(18-15)20-8-10(3)7-11(4)9-20/h10-11H,5-9H2,1-4H3,(H2,16,17,18)/t10-,11-/m1/s1. The van der Waals surface area contributed by atoms with Crippen molar-refractivity contribution in [2.24, 2.45) is 11.8 Å². The third kappa shape index (κ3) is 3.62. The van der Waals surface area contributed by atoms with Crippen LogP contribution in [-0.2, 0) is 0 Å². The summed E-state index contributed by atoms with van der Waals surface area (Å²) in [5, 5.41) is 11.5. The van der Waals surface area contributed by atoms with Crippen LogP contribution < -0.4 is 15.5 Å². The van der Waals surface area contributed by atoms with Gasteiger partial charge in [0, 0.05) is 26.2 Å². The Kier molecular flexibility index (Phi) is 5.23. The van der Waals surface area contributed by atoms with Crippen LogP contribution >= 0.6 is 0 Å². The molecule has 0 aliphatic carbocycles. The van der Waals surface area contributed by atoms with Crippen LogP contribution in [0.2, 0.25) is 0 Å². The molecule has 0 amide bonds. The van der Waals surface area contributed by atoms with Crippen molar-refractivity contribution >= 4 is 23.3 Å². The maximum Gasteiger partial charge on any atom is 0.353 e. The molecule has 8 heteroatoms. The van der Waals surface area contributed by atoms with E-state index in [0.717, 1.165) is 32.6 Å². The van der Waals surface area contributed by atoms with Gasteiger partial charge in [-0.15, -0.1) is 0 Å². The number of hydrogen-bond donors (Lipinski definition) is 1. The summed E-state index contributed by atoms with van der Waals surface area (Å²) < 4.78 is 0. The molecular formula is C15H26N6O2. The lowest BCUT2D eigenvalue weighted by molar-refractivity contribution is -0.383. The van der Waals surface area contributed by atoms with Crippen LogP contribution in [0.1, 0.15) is 34.1 Å². The van der Waals surface area contributed by atoms with E-state index in [1.165, 1.54) is 0 Å². The topological polar surface area (TPSA) is 101 Å². The lowest BCUT2D eigenvalue weighted by atomic mass is 9.92. The van der Waals surface area contributed by atoms with E-state index in [0.29, 0.717) is 23.6 Å². The molecule has 2 atom stereocenters. The van der Waals surface area contributed by atoms with Crippen molar-refractivity contribution in [1.82, 2.24) is 9.97 Å². The van der Waals surface area contributed by atoms with Crippen molar-refractivity contribution < 1.29 is 4.92 Å². The number of nitro groups is 1. The average molecular weight is 322 g/mol. The number of rotatable bonds is 5. The fraction of sp³-hybridized carbons (Fsp3) is 0.733. The van der Waals surface area contributed by atoms with Crippen molar-refractivity contribution in [3.8, 4) is 0 Å². The van der Waals surface area contributed by atoms with Crippen molar-refractivity contribution in [1.29, 1.82) is 0 Å². The number of nitrogens with zero attached hydrogens (tertiary/aromatic N) is 5. The van der Waals surface area contributed by atoms with Crippen LogP contribution in [0, 0.1) is 22.0 Å². The Labute approximate surface area is 136 Å². The summed E-state index contributed by atoms with van der Waals surface area (Å²) >= 11 is 0. The summed E-state index contributed by atoms with van der Waals surface area (Å²) in [6, 6.07) is 0. The van der Waals surface area contributed by atoms with Gasteiger partial charge in [0.2, 0.25) is 17.6 Å². The zero-order chi connectivity index (χ0) is 17.1. The van der Waals surface area contributed by atoms with Gasteiger partial charge in [0.25, 0.3) is 0 Å². The predicted octanol–water partition coefficient (Wildman–Crippen LogP) is 2.30. The van der Waals surface area contributed by atoms with E-state index in [9.17, 15) is 10.1 Å². The van der Waals surface area contributed by atoms with Crippen molar-refractivity contribution in [2.45, 2.75) is 34.1 Å². The Balaban J connectivity index is 2.51. The minimum Gasteiger partial charge on any atom is -0.378 e. The van der Waals surface area contributed by atoms with Gasteiger partial charge in [-0.05, 0) is 32.1 Å². The minimum absolute atomic E-state index is 0.0622. The third-order valence-electron chi connectivity index (χ3n) is 4.28. The van der Waals surface area contributed by atoms with Gasteiger partial charge in [0.05, 0.1) is 4.92 Å². The first-order valence-corrected chi connectivity index (χ1v) is 8.19. The number of hydrogen-bond acceptors (Lipinski definition) is 7. The van der Waals surface area contributed by atoms with Crippen LogP contribution in [0.5, 0.6) is 0 Å². The Morgan fingerprint density at radius 1 is 1.26 bits per heavy atom. The summed E-state index contributed by atoms with van der Waals surface area (Å²) in [4.78, 5) is 23.6. The predicted molar refractivity (Wildman–Crippen MR) is 91.8 cm³/mol. The molecule has 2 heterocycles. The smallest absolute Gasteiger partial charge is 0.353 e. The highest BCUT2D eigenvalue weighted by Gasteiger charge is 2.32. The summed E-state index contributed by atoms with van der Waals surface area (Å²) in [6.07, 6.45) is 1.12. The number of piperidine rings is 1. The number of nitrogen functional groups attached to an aromatic ring is 1.